The maximum absolute atomic E-state index is 12.4. The maximum Gasteiger partial charge on any atom is 0.266 e. The molecule has 0 radical (unpaired) electrons. The predicted molar refractivity (Wildman–Crippen MR) is 104 cm³/mol. The molecule has 0 saturated heterocycles. The Balaban J connectivity index is 2.23. The molecule has 0 saturated carbocycles. The number of nitrogens with one attached hydrogen (secondary N) is 1. The summed E-state index contributed by atoms with van der Waals surface area (Å²) in [5, 5.41) is 16.9. The third kappa shape index (κ3) is 5.40. The second-order valence-corrected chi connectivity index (χ2v) is 7.26. The quantitative estimate of drug-likeness (QED) is 0.539. The summed E-state index contributed by atoms with van der Waals surface area (Å²) in [5.41, 5.74) is 1.61. The highest BCUT2D eigenvalue weighted by Crippen LogP contribution is 2.22. The van der Waals surface area contributed by atoms with Crippen molar-refractivity contribution >= 4 is 27.7 Å². The number of ether oxygens (including phenoxy) is 2. The molecule has 1 amide bonds. The number of carbonyl (C=O) groups is 1. The lowest BCUT2D eigenvalue weighted by Crippen LogP contribution is -2.14. The van der Waals surface area contributed by atoms with E-state index in [0.29, 0.717) is 23.6 Å². The summed E-state index contributed by atoms with van der Waals surface area (Å²) in [6.45, 7) is 0.315. The van der Waals surface area contributed by atoms with Gasteiger partial charge in [0.1, 0.15) is 17.4 Å². The zero-order valence-corrected chi connectivity index (χ0v) is 16.1. The van der Waals surface area contributed by atoms with Crippen LogP contribution >= 0.6 is 0 Å². The number of benzene rings is 2. The minimum absolute atomic E-state index is 0.0783. The molecule has 0 aliphatic rings. The third-order valence-electron chi connectivity index (χ3n) is 3.72. The lowest BCUT2D eigenvalue weighted by atomic mass is 10.1. The highest BCUT2D eigenvalue weighted by Gasteiger charge is 2.12. The Kier molecular flexibility index (Phi) is 6.89. The second-order valence-electron chi connectivity index (χ2n) is 5.70. The van der Waals surface area contributed by atoms with Crippen molar-refractivity contribution in [2.75, 3.05) is 19.5 Å². The summed E-state index contributed by atoms with van der Waals surface area (Å²) in [5.74, 6) is 0.00636. The Morgan fingerprint density at radius 2 is 1.89 bits per heavy atom. The first kappa shape index (κ1) is 21.1. The van der Waals surface area contributed by atoms with E-state index in [1.165, 1.54) is 30.3 Å². The van der Waals surface area contributed by atoms with E-state index in [1.807, 2.05) is 6.07 Å². The normalized spacial score (nSPS) is 11.6. The van der Waals surface area contributed by atoms with Crippen LogP contribution in [0.2, 0.25) is 0 Å². The standard InChI is InChI=1S/C19H19N3O5S/c1-26-12-15-10-13(3-8-18(15)27-2)9-14(11-20)19(23)22-16-4-6-17(7-5-16)28(21,24)25/h3-10H,12H2,1-2H3,(H,22,23)(H2,21,24,25). The minimum atomic E-state index is -3.82. The number of sulfonamides is 1. The first-order chi connectivity index (χ1) is 13.3. The fraction of sp³-hybridized carbons (Fsp3) is 0.158. The third-order valence-corrected chi connectivity index (χ3v) is 4.65. The van der Waals surface area contributed by atoms with Crippen LogP contribution < -0.4 is 15.2 Å². The fourth-order valence-electron chi connectivity index (χ4n) is 2.40. The van der Waals surface area contributed by atoms with Gasteiger partial charge < -0.3 is 14.8 Å². The first-order valence-electron chi connectivity index (χ1n) is 8.00. The van der Waals surface area contributed by atoms with E-state index in [0.717, 1.165) is 5.56 Å². The van der Waals surface area contributed by atoms with Gasteiger partial charge in [-0.2, -0.15) is 5.26 Å². The van der Waals surface area contributed by atoms with Crippen LogP contribution in [0.4, 0.5) is 5.69 Å². The van der Waals surface area contributed by atoms with Gasteiger partial charge in [0.25, 0.3) is 5.91 Å². The summed E-state index contributed by atoms with van der Waals surface area (Å²) < 4.78 is 32.9. The molecule has 0 aliphatic heterocycles. The van der Waals surface area contributed by atoms with E-state index in [-0.39, 0.29) is 10.5 Å². The van der Waals surface area contributed by atoms with Crippen LogP contribution in [0.15, 0.2) is 52.9 Å². The molecule has 9 heteroatoms. The highest BCUT2D eigenvalue weighted by atomic mass is 32.2. The zero-order valence-electron chi connectivity index (χ0n) is 15.3. The Morgan fingerprint density at radius 1 is 1.21 bits per heavy atom. The lowest BCUT2D eigenvalue weighted by molar-refractivity contribution is -0.112. The molecular weight excluding hydrogens is 382 g/mol. The number of nitrogens with two attached hydrogens (primary N) is 1. The van der Waals surface area contributed by atoms with Crippen LogP contribution in [-0.2, 0) is 26.2 Å². The molecule has 0 fully saturated rings. The maximum atomic E-state index is 12.4. The van der Waals surface area contributed by atoms with Gasteiger partial charge >= 0.3 is 0 Å². The van der Waals surface area contributed by atoms with Gasteiger partial charge in [-0.15, -0.1) is 0 Å². The van der Waals surface area contributed by atoms with E-state index < -0.39 is 15.9 Å². The van der Waals surface area contributed by atoms with Crippen LogP contribution in [0, 0.1) is 11.3 Å². The van der Waals surface area contributed by atoms with Gasteiger partial charge in [-0.05, 0) is 48.0 Å². The molecule has 146 valence electrons. The number of primary sulfonamides is 1. The van der Waals surface area contributed by atoms with Gasteiger partial charge in [0.15, 0.2) is 0 Å². The molecule has 0 unspecified atom stereocenters. The van der Waals surface area contributed by atoms with Crippen molar-refractivity contribution < 1.29 is 22.7 Å². The van der Waals surface area contributed by atoms with Gasteiger partial charge in [0.2, 0.25) is 10.0 Å². The Bertz CT molecular complexity index is 1040. The molecule has 28 heavy (non-hydrogen) atoms. The summed E-state index contributed by atoms with van der Waals surface area (Å²) in [6, 6.07) is 12.3. The predicted octanol–water partition coefficient (Wildman–Crippen LogP) is 2.03. The summed E-state index contributed by atoms with van der Waals surface area (Å²) in [7, 11) is -0.727. The number of anilines is 1. The number of carbonyl (C=O) groups excluding carboxylic acids is 1. The van der Waals surface area contributed by atoms with Crippen LogP contribution in [0.3, 0.4) is 0 Å². The van der Waals surface area contributed by atoms with E-state index >= 15 is 0 Å². The van der Waals surface area contributed by atoms with Crippen LogP contribution in [0.25, 0.3) is 6.08 Å². The molecule has 0 bridgehead atoms. The minimum Gasteiger partial charge on any atom is -0.496 e. The average molecular weight is 401 g/mol. The van der Waals surface area contributed by atoms with Gasteiger partial charge in [-0.1, -0.05) is 6.07 Å². The molecule has 2 aromatic carbocycles. The second kappa shape index (κ2) is 9.14. The molecule has 0 heterocycles. The monoisotopic (exact) mass is 401 g/mol. The van der Waals surface area contributed by atoms with E-state index in [1.54, 1.807) is 32.4 Å². The van der Waals surface area contributed by atoms with E-state index in [9.17, 15) is 18.5 Å². The number of rotatable bonds is 7. The van der Waals surface area contributed by atoms with Gasteiger partial charge in [0, 0.05) is 18.4 Å². The topological polar surface area (TPSA) is 132 Å². The smallest absolute Gasteiger partial charge is 0.266 e. The molecule has 3 N–H and O–H groups in total. The largest absolute Gasteiger partial charge is 0.496 e. The summed E-state index contributed by atoms with van der Waals surface area (Å²) in [4.78, 5) is 12.3. The number of amides is 1. The number of methoxy groups -OCH3 is 2. The SMILES string of the molecule is COCc1cc(C=C(C#N)C(=O)Nc2ccc(S(N)(=O)=O)cc2)ccc1OC. The Morgan fingerprint density at radius 3 is 2.43 bits per heavy atom. The zero-order chi connectivity index (χ0) is 20.7. The van der Waals surface area contributed by atoms with Crippen LogP contribution in [0.1, 0.15) is 11.1 Å². The molecule has 2 aromatic rings. The highest BCUT2D eigenvalue weighted by molar-refractivity contribution is 7.89. The van der Waals surface area contributed by atoms with Crippen molar-refractivity contribution in [1.29, 1.82) is 5.26 Å². The van der Waals surface area contributed by atoms with E-state index in [2.05, 4.69) is 5.32 Å². The van der Waals surface area contributed by atoms with Crippen molar-refractivity contribution in [3.63, 3.8) is 0 Å². The number of hydrogen-bond donors (Lipinski definition) is 2. The number of hydrogen-bond acceptors (Lipinski definition) is 6. The van der Waals surface area contributed by atoms with Crippen molar-refractivity contribution in [3.8, 4) is 11.8 Å². The van der Waals surface area contributed by atoms with Gasteiger partial charge in [-0.25, -0.2) is 13.6 Å². The Labute approximate surface area is 163 Å². The number of nitriles is 1. The number of nitrogens with zero attached hydrogens (tertiary/aromatic N) is 1. The fourth-order valence-corrected chi connectivity index (χ4v) is 2.91. The van der Waals surface area contributed by atoms with Crippen molar-refractivity contribution in [2.24, 2.45) is 5.14 Å². The van der Waals surface area contributed by atoms with Crippen molar-refractivity contribution in [3.05, 3.63) is 59.2 Å². The van der Waals surface area contributed by atoms with Crippen molar-refractivity contribution in [1.82, 2.24) is 0 Å². The molecule has 0 spiro atoms. The van der Waals surface area contributed by atoms with E-state index in [4.69, 9.17) is 14.6 Å². The summed E-state index contributed by atoms with van der Waals surface area (Å²) >= 11 is 0. The Hall–Kier alpha value is -3.19. The van der Waals surface area contributed by atoms with Gasteiger partial charge in [-0.3, -0.25) is 4.79 Å². The molecular formula is C19H19N3O5S. The molecule has 8 nitrogen and oxygen atoms in total. The lowest BCUT2D eigenvalue weighted by Gasteiger charge is -2.09. The summed E-state index contributed by atoms with van der Waals surface area (Å²) in [6.07, 6.45) is 1.44. The molecule has 0 atom stereocenters. The molecule has 0 aliphatic carbocycles. The first-order valence-corrected chi connectivity index (χ1v) is 9.55. The average Bonchev–Trinajstić information content (AvgIpc) is 2.66. The van der Waals surface area contributed by atoms with Crippen LogP contribution in [0.5, 0.6) is 5.75 Å². The van der Waals surface area contributed by atoms with Crippen LogP contribution in [-0.4, -0.2) is 28.5 Å². The van der Waals surface area contributed by atoms with Gasteiger partial charge in [0.05, 0.1) is 18.6 Å². The molecule has 0 aromatic heterocycles. The molecule has 2 rings (SSSR count). The van der Waals surface area contributed by atoms with Crippen molar-refractivity contribution in [2.45, 2.75) is 11.5 Å².